The first-order valence-electron chi connectivity index (χ1n) is 3.38. The zero-order valence-electron chi connectivity index (χ0n) is 6.95. The smallest absolute Gasteiger partial charge is 0.212 e. The van der Waals surface area contributed by atoms with E-state index in [0.29, 0.717) is 5.88 Å². The van der Waals surface area contributed by atoms with Crippen LogP contribution in [-0.2, 0) is 0 Å². The summed E-state index contributed by atoms with van der Waals surface area (Å²) in [4.78, 5) is 4.01. The van der Waals surface area contributed by atoms with Crippen LogP contribution in [0.2, 0.25) is 0 Å². The summed E-state index contributed by atoms with van der Waals surface area (Å²) in [7, 11) is 1.59. The van der Waals surface area contributed by atoms with Crippen LogP contribution in [0.5, 0.6) is 5.88 Å². The minimum absolute atomic E-state index is 0. The molecule has 0 aliphatic rings. The van der Waals surface area contributed by atoms with Gasteiger partial charge in [-0.25, -0.2) is 4.98 Å². The van der Waals surface area contributed by atoms with Crippen molar-refractivity contribution in [1.29, 1.82) is 0 Å². The first kappa shape index (κ1) is 11.5. The standard InChI is InChI=1S/C8H10ClNO.ClH/c1-6(9)7-3-4-8(11-2)10-5-7;/h3-6H,1-2H3;1H. The number of hydrogen-bond donors (Lipinski definition) is 0. The van der Waals surface area contributed by atoms with Crippen LogP contribution >= 0.6 is 24.0 Å². The van der Waals surface area contributed by atoms with Crippen molar-refractivity contribution in [2.75, 3.05) is 7.11 Å². The fourth-order valence-corrected chi connectivity index (χ4v) is 0.877. The lowest BCUT2D eigenvalue weighted by molar-refractivity contribution is 0.397. The molecule has 4 heteroatoms. The number of halogens is 2. The predicted octanol–water partition coefficient (Wildman–Crippen LogP) is 2.81. The Morgan fingerprint density at radius 1 is 1.50 bits per heavy atom. The van der Waals surface area contributed by atoms with Gasteiger partial charge >= 0.3 is 0 Å². The van der Waals surface area contributed by atoms with Crippen molar-refractivity contribution in [3.8, 4) is 5.88 Å². The third kappa shape index (κ3) is 2.88. The summed E-state index contributed by atoms with van der Waals surface area (Å²) >= 11 is 5.82. The van der Waals surface area contributed by atoms with E-state index in [0.717, 1.165) is 5.56 Å². The van der Waals surface area contributed by atoms with Crippen molar-refractivity contribution in [2.45, 2.75) is 12.3 Å². The van der Waals surface area contributed by atoms with Crippen LogP contribution in [0, 0.1) is 0 Å². The Labute approximate surface area is 83.3 Å². The maximum absolute atomic E-state index is 5.82. The van der Waals surface area contributed by atoms with E-state index in [2.05, 4.69) is 4.98 Å². The van der Waals surface area contributed by atoms with Gasteiger partial charge in [-0.1, -0.05) is 6.07 Å². The molecule has 1 heterocycles. The molecule has 0 aliphatic carbocycles. The molecule has 0 aromatic carbocycles. The molecule has 2 nitrogen and oxygen atoms in total. The molecule has 0 spiro atoms. The summed E-state index contributed by atoms with van der Waals surface area (Å²) in [5.74, 6) is 0.617. The van der Waals surface area contributed by atoms with Crippen molar-refractivity contribution in [2.24, 2.45) is 0 Å². The quantitative estimate of drug-likeness (QED) is 0.697. The second-order valence-corrected chi connectivity index (χ2v) is 2.90. The van der Waals surface area contributed by atoms with E-state index >= 15 is 0 Å². The van der Waals surface area contributed by atoms with Gasteiger partial charge in [-0.3, -0.25) is 0 Å². The number of rotatable bonds is 2. The summed E-state index contributed by atoms with van der Waals surface area (Å²) in [5.41, 5.74) is 1.01. The van der Waals surface area contributed by atoms with Crippen LogP contribution in [0.25, 0.3) is 0 Å². The van der Waals surface area contributed by atoms with Gasteiger partial charge in [-0.15, -0.1) is 24.0 Å². The van der Waals surface area contributed by atoms with Crippen molar-refractivity contribution in [1.82, 2.24) is 4.98 Å². The third-order valence-corrected chi connectivity index (χ3v) is 1.68. The highest BCUT2D eigenvalue weighted by Gasteiger charge is 2.00. The molecule has 1 aromatic rings. The van der Waals surface area contributed by atoms with Gasteiger partial charge in [0, 0.05) is 12.3 Å². The summed E-state index contributed by atoms with van der Waals surface area (Å²) in [6, 6.07) is 3.71. The fraction of sp³-hybridized carbons (Fsp3) is 0.375. The van der Waals surface area contributed by atoms with Gasteiger partial charge in [0.05, 0.1) is 12.5 Å². The van der Waals surface area contributed by atoms with E-state index in [1.165, 1.54) is 0 Å². The van der Waals surface area contributed by atoms with Crippen LogP contribution in [-0.4, -0.2) is 12.1 Å². The van der Waals surface area contributed by atoms with Gasteiger partial charge in [0.2, 0.25) is 5.88 Å². The Bertz CT molecular complexity index is 223. The SMILES string of the molecule is COc1ccc(C(C)Cl)cn1.Cl. The topological polar surface area (TPSA) is 22.1 Å². The highest BCUT2D eigenvalue weighted by Crippen LogP contribution is 2.19. The Morgan fingerprint density at radius 2 is 2.17 bits per heavy atom. The molecule has 68 valence electrons. The molecule has 1 atom stereocenters. The van der Waals surface area contributed by atoms with Crippen molar-refractivity contribution in [3.05, 3.63) is 23.9 Å². The summed E-state index contributed by atoms with van der Waals surface area (Å²) in [6.07, 6.45) is 1.72. The van der Waals surface area contributed by atoms with Crippen LogP contribution < -0.4 is 4.74 Å². The average Bonchev–Trinajstić information content (AvgIpc) is 2.05. The van der Waals surface area contributed by atoms with Gasteiger partial charge in [-0.2, -0.15) is 0 Å². The first-order valence-corrected chi connectivity index (χ1v) is 3.81. The van der Waals surface area contributed by atoms with Gasteiger partial charge < -0.3 is 4.74 Å². The third-order valence-electron chi connectivity index (χ3n) is 1.43. The molecule has 0 bridgehead atoms. The molecule has 0 radical (unpaired) electrons. The summed E-state index contributed by atoms with van der Waals surface area (Å²) < 4.78 is 4.89. The maximum Gasteiger partial charge on any atom is 0.212 e. The predicted molar refractivity (Wildman–Crippen MR) is 52.3 cm³/mol. The first-order chi connectivity index (χ1) is 5.24. The van der Waals surface area contributed by atoms with Gasteiger partial charge in [0.1, 0.15) is 0 Å². The van der Waals surface area contributed by atoms with Gasteiger partial charge in [-0.05, 0) is 12.5 Å². The largest absolute Gasteiger partial charge is 0.481 e. The Hall–Kier alpha value is -0.470. The van der Waals surface area contributed by atoms with Crippen LogP contribution in [0.1, 0.15) is 17.9 Å². The average molecular weight is 208 g/mol. The second-order valence-electron chi connectivity index (χ2n) is 2.25. The monoisotopic (exact) mass is 207 g/mol. The minimum Gasteiger partial charge on any atom is -0.481 e. The van der Waals surface area contributed by atoms with E-state index in [-0.39, 0.29) is 17.8 Å². The molecule has 1 rings (SSSR count). The summed E-state index contributed by atoms with van der Waals surface area (Å²) in [6.45, 7) is 1.91. The van der Waals surface area contributed by atoms with Crippen LogP contribution in [0.4, 0.5) is 0 Å². The molecule has 0 N–H and O–H groups in total. The van der Waals surface area contributed by atoms with Crippen molar-refractivity contribution >= 4 is 24.0 Å². The zero-order valence-corrected chi connectivity index (χ0v) is 8.52. The van der Waals surface area contributed by atoms with Gasteiger partial charge in [0.15, 0.2) is 0 Å². The van der Waals surface area contributed by atoms with E-state index < -0.39 is 0 Å². The second kappa shape index (κ2) is 5.22. The molecule has 1 aromatic heterocycles. The number of ether oxygens (including phenoxy) is 1. The zero-order chi connectivity index (χ0) is 8.27. The Kier molecular flexibility index (Phi) is 5.02. The molecule has 0 saturated carbocycles. The minimum atomic E-state index is 0. The molecule has 0 aliphatic heterocycles. The van der Waals surface area contributed by atoms with E-state index in [1.807, 2.05) is 13.0 Å². The molecule has 0 fully saturated rings. The summed E-state index contributed by atoms with van der Waals surface area (Å²) in [5, 5.41) is 0.00778. The number of pyridine rings is 1. The number of nitrogens with zero attached hydrogens (tertiary/aromatic N) is 1. The molecule has 0 amide bonds. The number of methoxy groups -OCH3 is 1. The normalized spacial score (nSPS) is 11.6. The number of aromatic nitrogens is 1. The Balaban J connectivity index is 0.00000121. The number of alkyl halides is 1. The van der Waals surface area contributed by atoms with Crippen LogP contribution in [0.15, 0.2) is 18.3 Å². The highest BCUT2D eigenvalue weighted by atomic mass is 35.5. The van der Waals surface area contributed by atoms with Gasteiger partial charge in [0.25, 0.3) is 0 Å². The van der Waals surface area contributed by atoms with E-state index in [4.69, 9.17) is 16.3 Å². The van der Waals surface area contributed by atoms with Crippen molar-refractivity contribution in [3.63, 3.8) is 0 Å². The fourth-order valence-electron chi connectivity index (χ4n) is 0.748. The Morgan fingerprint density at radius 3 is 2.50 bits per heavy atom. The molecule has 1 unspecified atom stereocenters. The lowest BCUT2D eigenvalue weighted by Crippen LogP contribution is -1.89. The lowest BCUT2D eigenvalue weighted by atomic mass is 10.2. The van der Waals surface area contributed by atoms with E-state index in [1.54, 1.807) is 19.4 Å². The number of hydrogen-bond acceptors (Lipinski definition) is 2. The van der Waals surface area contributed by atoms with Crippen LogP contribution in [0.3, 0.4) is 0 Å². The van der Waals surface area contributed by atoms with E-state index in [9.17, 15) is 0 Å². The molecular weight excluding hydrogens is 197 g/mol. The van der Waals surface area contributed by atoms with Crippen molar-refractivity contribution < 1.29 is 4.74 Å². The molecular formula is C8H11Cl2NO. The highest BCUT2D eigenvalue weighted by molar-refractivity contribution is 6.20. The molecule has 12 heavy (non-hydrogen) atoms. The molecule has 0 saturated heterocycles. The lowest BCUT2D eigenvalue weighted by Gasteiger charge is -2.02. The maximum atomic E-state index is 5.82.